The van der Waals surface area contributed by atoms with Crippen molar-refractivity contribution >= 4 is 71.7 Å². The summed E-state index contributed by atoms with van der Waals surface area (Å²) in [6.45, 7) is 4.69. The largest absolute Gasteiger partial charge is 0.456 e. The van der Waals surface area contributed by atoms with Gasteiger partial charge in [0.2, 0.25) is 0 Å². The molecule has 0 saturated heterocycles. The van der Waals surface area contributed by atoms with Crippen LogP contribution in [0.3, 0.4) is 0 Å². The molecule has 2 heterocycles. The second-order valence-corrected chi connectivity index (χ2v) is 16.1. The molecule has 0 saturated carbocycles. The first kappa shape index (κ1) is 32.8. The van der Waals surface area contributed by atoms with Gasteiger partial charge < -0.3 is 13.7 Å². The maximum absolute atomic E-state index is 7.04. The molecular weight excluding hydrogens is 707 g/mol. The topological polar surface area (TPSA) is 29.5 Å². The van der Waals surface area contributed by atoms with Crippen molar-refractivity contribution in [2.45, 2.75) is 19.3 Å². The summed E-state index contributed by atoms with van der Waals surface area (Å²) in [5.41, 5.74) is 16.4. The van der Waals surface area contributed by atoms with Gasteiger partial charge in [0, 0.05) is 55.1 Å². The summed E-state index contributed by atoms with van der Waals surface area (Å²) in [6.07, 6.45) is 0. The van der Waals surface area contributed by atoms with E-state index in [1.165, 1.54) is 33.0 Å². The Morgan fingerprint density at radius 3 is 1.95 bits per heavy atom. The molecule has 274 valence electrons. The highest BCUT2D eigenvalue weighted by molar-refractivity contribution is 6.24. The normalized spacial score (nSPS) is 13.1. The molecule has 1 aliphatic carbocycles. The van der Waals surface area contributed by atoms with Crippen LogP contribution in [-0.4, -0.2) is 0 Å². The molecule has 9 aromatic carbocycles. The molecule has 1 aliphatic rings. The fraction of sp³-hybridized carbons (Fsp3) is 0.0545. The van der Waals surface area contributed by atoms with Gasteiger partial charge in [-0.1, -0.05) is 153 Å². The zero-order valence-corrected chi connectivity index (χ0v) is 32.2. The van der Waals surface area contributed by atoms with Crippen LogP contribution in [0.1, 0.15) is 25.0 Å². The summed E-state index contributed by atoms with van der Waals surface area (Å²) in [4.78, 5) is 2.39. The Morgan fingerprint density at radius 2 is 1.07 bits per heavy atom. The van der Waals surface area contributed by atoms with Gasteiger partial charge in [-0.05, 0) is 92.7 Å². The molecule has 12 rings (SSSR count). The smallest absolute Gasteiger partial charge is 0.144 e. The minimum absolute atomic E-state index is 0.109. The lowest BCUT2D eigenvalue weighted by molar-refractivity contribution is 0.660. The Labute approximate surface area is 336 Å². The van der Waals surface area contributed by atoms with Crippen molar-refractivity contribution in [3.63, 3.8) is 0 Å². The predicted molar refractivity (Wildman–Crippen MR) is 242 cm³/mol. The first-order valence-electron chi connectivity index (χ1n) is 20.0. The predicted octanol–water partition coefficient (Wildman–Crippen LogP) is 15.7. The summed E-state index contributed by atoms with van der Waals surface area (Å²) in [6, 6.07) is 67.6. The van der Waals surface area contributed by atoms with Gasteiger partial charge in [0.1, 0.15) is 22.3 Å². The minimum atomic E-state index is -0.109. The summed E-state index contributed by atoms with van der Waals surface area (Å²) >= 11 is 0. The van der Waals surface area contributed by atoms with E-state index in [1.54, 1.807) is 0 Å². The van der Waals surface area contributed by atoms with Gasteiger partial charge in [0.25, 0.3) is 0 Å². The van der Waals surface area contributed by atoms with E-state index in [-0.39, 0.29) is 5.41 Å². The molecular formula is C55H37NO2. The lowest BCUT2D eigenvalue weighted by Gasteiger charge is -2.28. The Kier molecular flexibility index (Phi) is 6.98. The van der Waals surface area contributed by atoms with E-state index >= 15 is 0 Å². The van der Waals surface area contributed by atoms with Gasteiger partial charge in [0.05, 0.1) is 0 Å². The number of rotatable bonds is 5. The summed E-state index contributed by atoms with van der Waals surface area (Å²) < 4.78 is 13.5. The van der Waals surface area contributed by atoms with Crippen LogP contribution in [0.2, 0.25) is 0 Å². The first-order valence-corrected chi connectivity index (χ1v) is 20.0. The van der Waals surface area contributed by atoms with Gasteiger partial charge in [-0.25, -0.2) is 0 Å². The second-order valence-electron chi connectivity index (χ2n) is 16.1. The van der Waals surface area contributed by atoms with Crippen molar-refractivity contribution < 1.29 is 8.83 Å². The molecule has 3 heteroatoms. The zero-order valence-electron chi connectivity index (χ0n) is 32.2. The van der Waals surface area contributed by atoms with E-state index in [0.29, 0.717) is 0 Å². The molecule has 0 amide bonds. The average molecular weight is 744 g/mol. The number of furan rings is 2. The van der Waals surface area contributed by atoms with Crippen LogP contribution in [0.25, 0.3) is 88.0 Å². The van der Waals surface area contributed by atoms with Gasteiger partial charge in [-0.2, -0.15) is 0 Å². The summed E-state index contributed by atoms with van der Waals surface area (Å²) in [5, 5.41) is 6.71. The van der Waals surface area contributed by atoms with Gasteiger partial charge in [-0.15, -0.1) is 0 Å². The fourth-order valence-corrected chi connectivity index (χ4v) is 9.63. The highest BCUT2D eigenvalue weighted by atomic mass is 16.3. The average Bonchev–Trinajstić information content (AvgIpc) is 3.91. The molecule has 2 aromatic heterocycles. The molecule has 0 fully saturated rings. The SMILES string of the molecule is CC1(C)c2ccccc2-c2ccc(N(c3ccc(-c4cccc5c4oc4c(-c6ccccc6)c6c(cc45)oc4ccccc46)cc3)c3ccc4ccccc4c3)cc21. The highest BCUT2D eigenvalue weighted by Gasteiger charge is 2.35. The van der Waals surface area contributed by atoms with Crippen LogP contribution in [0.5, 0.6) is 0 Å². The lowest BCUT2D eigenvalue weighted by Crippen LogP contribution is -2.16. The molecule has 0 N–H and O–H groups in total. The quantitative estimate of drug-likeness (QED) is 0.176. The van der Waals surface area contributed by atoms with Crippen LogP contribution in [0, 0.1) is 0 Å². The molecule has 3 nitrogen and oxygen atoms in total. The number of hydrogen-bond donors (Lipinski definition) is 0. The van der Waals surface area contributed by atoms with Gasteiger partial charge in [-0.3, -0.25) is 0 Å². The maximum Gasteiger partial charge on any atom is 0.144 e. The second kappa shape index (κ2) is 12.3. The van der Waals surface area contributed by atoms with E-state index < -0.39 is 0 Å². The van der Waals surface area contributed by atoms with Crippen LogP contribution in [0.4, 0.5) is 17.1 Å². The monoisotopic (exact) mass is 743 g/mol. The van der Waals surface area contributed by atoms with Crippen LogP contribution in [0.15, 0.2) is 197 Å². The number of hydrogen-bond acceptors (Lipinski definition) is 3. The van der Waals surface area contributed by atoms with Crippen LogP contribution < -0.4 is 4.90 Å². The molecule has 0 bridgehead atoms. The number of anilines is 3. The van der Waals surface area contributed by atoms with Crippen LogP contribution >= 0.6 is 0 Å². The van der Waals surface area contributed by atoms with E-state index in [0.717, 1.165) is 83.2 Å². The van der Waals surface area contributed by atoms with Crippen molar-refractivity contribution in [3.8, 4) is 33.4 Å². The van der Waals surface area contributed by atoms with Crippen molar-refractivity contribution in [3.05, 3.63) is 199 Å². The van der Waals surface area contributed by atoms with E-state index in [2.05, 4.69) is 195 Å². The van der Waals surface area contributed by atoms with Crippen molar-refractivity contribution in [1.29, 1.82) is 0 Å². The standard InChI is InChI=1S/C55H37NO2/c1-55(2)47-21-10-8-17-42(47)43-30-29-40(32-48(43)55)56(39-28-23-34-13-6-7-16-37(34)31-39)38-26-24-35(25-27-38)41-19-12-20-44-46-33-50-52(45-18-9-11-22-49(45)57-50)51(54(46)58-53(41)44)36-14-4-3-5-15-36/h3-33H,1-2H3. The molecule has 58 heavy (non-hydrogen) atoms. The third-order valence-electron chi connectivity index (χ3n) is 12.4. The third-order valence-corrected chi connectivity index (χ3v) is 12.4. The Hall–Kier alpha value is -7.36. The molecule has 0 aliphatic heterocycles. The molecule has 0 radical (unpaired) electrons. The van der Waals surface area contributed by atoms with Gasteiger partial charge in [0.15, 0.2) is 0 Å². The zero-order chi connectivity index (χ0) is 38.5. The van der Waals surface area contributed by atoms with Crippen LogP contribution in [-0.2, 0) is 5.41 Å². The highest BCUT2D eigenvalue weighted by Crippen LogP contribution is 2.51. The number of nitrogens with zero attached hydrogens (tertiary/aromatic N) is 1. The Morgan fingerprint density at radius 1 is 0.397 bits per heavy atom. The number of fused-ring (bicyclic) bond motifs is 10. The van der Waals surface area contributed by atoms with Crippen molar-refractivity contribution in [2.24, 2.45) is 0 Å². The molecule has 11 aromatic rings. The molecule has 0 spiro atoms. The number of benzene rings is 9. The molecule has 0 atom stereocenters. The lowest BCUT2D eigenvalue weighted by atomic mass is 9.82. The van der Waals surface area contributed by atoms with E-state index in [4.69, 9.17) is 8.83 Å². The molecule has 0 unspecified atom stereocenters. The summed E-state index contributed by atoms with van der Waals surface area (Å²) in [5.74, 6) is 0. The third kappa shape index (κ3) is 4.80. The first-order chi connectivity index (χ1) is 28.5. The van der Waals surface area contributed by atoms with Crippen molar-refractivity contribution in [1.82, 2.24) is 0 Å². The number of para-hydroxylation sites is 2. The van der Waals surface area contributed by atoms with E-state index in [9.17, 15) is 0 Å². The fourth-order valence-electron chi connectivity index (χ4n) is 9.63. The van der Waals surface area contributed by atoms with Crippen molar-refractivity contribution in [2.75, 3.05) is 4.90 Å². The van der Waals surface area contributed by atoms with Gasteiger partial charge >= 0.3 is 0 Å². The Bertz CT molecular complexity index is 3420. The summed E-state index contributed by atoms with van der Waals surface area (Å²) in [7, 11) is 0. The minimum Gasteiger partial charge on any atom is -0.456 e. The Balaban J connectivity index is 1.02. The van der Waals surface area contributed by atoms with E-state index in [1.807, 2.05) is 12.1 Å². The maximum atomic E-state index is 7.04.